The van der Waals surface area contributed by atoms with Crippen LogP contribution in [-0.2, 0) is 6.42 Å². The third-order valence-electron chi connectivity index (χ3n) is 6.86. The van der Waals surface area contributed by atoms with E-state index in [0.717, 1.165) is 18.8 Å². The largest absolute Gasteiger partial charge is 0.0955 e. The standard InChI is InChI=1S/C30H38.4C2H6/c1-6-29(24(5)28-14-10-11-15-28)30(22(2)3)20-23(4)27-18-16-26(17-19-27)21-25-12-8-7-9-13-25;4*1-2/h7-9,12-13,16-20,24,28H,2,6,10-11,14-15,21H2,1,3-5H3;4*1-2H3/b23-20+,30-29+;;;;. The fourth-order valence-corrected chi connectivity index (χ4v) is 5.01. The molecule has 0 aliphatic heterocycles. The molecule has 0 heteroatoms. The maximum atomic E-state index is 4.34. The monoisotopic (exact) mass is 518 g/mol. The molecule has 1 saturated carbocycles. The van der Waals surface area contributed by atoms with Gasteiger partial charge in [-0.25, -0.2) is 0 Å². The van der Waals surface area contributed by atoms with E-state index in [2.05, 4.69) is 94.9 Å². The molecule has 1 fully saturated rings. The summed E-state index contributed by atoms with van der Waals surface area (Å²) in [5.74, 6) is 1.50. The minimum Gasteiger partial charge on any atom is -0.0955 e. The van der Waals surface area contributed by atoms with Gasteiger partial charge < -0.3 is 0 Å². The number of hydrogen-bond donors (Lipinski definition) is 0. The zero-order valence-electron chi connectivity index (χ0n) is 27.4. The van der Waals surface area contributed by atoms with Gasteiger partial charge in [-0.1, -0.05) is 160 Å². The van der Waals surface area contributed by atoms with Crippen LogP contribution >= 0.6 is 0 Å². The van der Waals surface area contributed by atoms with Crippen molar-refractivity contribution in [2.75, 3.05) is 0 Å². The average Bonchev–Trinajstić information content (AvgIpc) is 3.53. The molecule has 0 spiro atoms. The predicted molar refractivity (Wildman–Crippen MR) is 178 cm³/mol. The van der Waals surface area contributed by atoms with E-state index >= 15 is 0 Å². The van der Waals surface area contributed by atoms with E-state index in [4.69, 9.17) is 0 Å². The SMILES string of the molecule is C=C(C)C(/C=C(\C)c1ccc(Cc2ccccc2)cc1)=C(\CC)C(C)C1CCCC1.CC.CC.CC.CC. The Labute approximate surface area is 239 Å². The molecule has 38 heavy (non-hydrogen) atoms. The van der Waals surface area contributed by atoms with Gasteiger partial charge >= 0.3 is 0 Å². The fraction of sp³-hybridized carbons (Fsp3) is 0.526. The first-order valence-electron chi connectivity index (χ1n) is 15.7. The van der Waals surface area contributed by atoms with Crippen LogP contribution in [0.25, 0.3) is 5.57 Å². The molecule has 0 nitrogen and oxygen atoms in total. The van der Waals surface area contributed by atoms with Crippen molar-refractivity contribution in [1.82, 2.24) is 0 Å². The van der Waals surface area contributed by atoms with E-state index in [1.807, 2.05) is 55.4 Å². The number of hydrogen-bond acceptors (Lipinski definition) is 0. The highest BCUT2D eigenvalue weighted by atomic mass is 14.3. The van der Waals surface area contributed by atoms with Gasteiger partial charge in [-0.15, -0.1) is 0 Å². The average molecular weight is 519 g/mol. The number of allylic oxidation sites excluding steroid dienone is 5. The van der Waals surface area contributed by atoms with Gasteiger partial charge in [-0.3, -0.25) is 0 Å². The molecule has 0 N–H and O–H groups in total. The molecule has 1 aliphatic carbocycles. The summed E-state index contributed by atoms with van der Waals surface area (Å²) in [6.45, 7) is 29.5. The van der Waals surface area contributed by atoms with Crippen molar-refractivity contribution in [3.05, 3.63) is 101 Å². The molecular weight excluding hydrogens is 456 g/mol. The van der Waals surface area contributed by atoms with E-state index < -0.39 is 0 Å². The van der Waals surface area contributed by atoms with Crippen LogP contribution < -0.4 is 0 Å². The first-order chi connectivity index (χ1) is 18.5. The molecule has 2 aromatic rings. The molecule has 3 rings (SSSR count). The van der Waals surface area contributed by atoms with E-state index in [-0.39, 0.29) is 0 Å². The Morgan fingerprint density at radius 1 is 0.789 bits per heavy atom. The van der Waals surface area contributed by atoms with E-state index in [0.29, 0.717) is 5.92 Å². The van der Waals surface area contributed by atoms with Crippen LogP contribution in [0.4, 0.5) is 0 Å². The Kier molecular flexibility index (Phi) is 23.6. The van der Waals surface area contributed by atoms with Crippen LogP contribution in [-0.4, -0.2) is 0 Å². The second-order valence-corrected chi connectivity index (χ2v) is 9.09. The van der Waals surface area contributed by atoms with Crippen LogP contribution in [0.2, 0.25) is 0 Å². The van der Waals surface area contributed by atoms with Gasteiger partial charge in [-0.05, 0) is 79.2 Å². The lowest BCUT2D eigenvalue weighted by Crippen LogP contribution is -2.12. The molecule has 1 atom stereocenters. The van der Waals surface area contributed by atoms with Gasteiger partial charge in [0.05, 0.1) is 0 Å². The summed E-state index contributed by atoms with van der Waals surface area (Å²) in [5.41, 5.74) is 9.50. The van der Waals surface area contributed by atoms with Crippen molar-refractivity contribution in [3.8, 4) is 0 Å². The Morgan fingerprint density at radius 3 is 1.71 bits per heavy atom. The molecule has 0 saturated heterocycles. The minimum absolute atomic E-state index is 0.654. The lowest BCUT2D eigenvalue weighted by Gasteiger charge is -2.25. The minimum atomic E-state index is 0.654. The van der Waals surface area contributed by atoms with Gasteiger partial charge in [0.25, 0.3) is 0 Å². The molecule has 214 valence electrons. The maximum absolute atomic E-state index is 4.34. The smallest absolute Gasteiger partial charge is 0.00258 e. The molecule has 1 aliphatic rings. The Bertz CT molecular complexity index is 887. The van der Waals surface area contributed by atoms with Gasteiger partial charge in [-0.2, -0.15) is 0 Å². The van der Waals surface area contributed by atoms with E-state index in [1.165, 1.54) is 59.1 Å². The van der Waals surface area contributed by atoms with Crippen molar-refractivity contribution in [3.63, 3.8) is 0 Å². The molecule has 0 bridgehead atoms. The van der Waals surface area contributed by atoms with E-state index in [9.17, 15) is 0 Å². The molecule has 2 aromatic carbocycles. The third-order valence-corrected chi connectivity index (χ3v) is 6.86. The van der Waals surface area contributed by atoms with Crippen molar-refractivity contribution in [2.45, 2.75) is 122 Å². The number of benzene rings is 2. The molecule has 1 unspecified atom stereocenters. The second-order valence-electron chi connectivity index (χ2n) is 9.09. The first kappa shape index (κ1) is 37.8. The van der Waals surface area contributed by atoms with Crippen LogP contribution in [0.1, 0.15) is 132 Å². The van der Waals surface area contributed by atoms with Crippen LogP contribution in [0.3, 0.4) is 0 Å². The van der Waals surface area contributed by atoms with Crippen LogP contribution in [0.15, 0.2) is 84.0 Å². The summed E-state index contributed by atoms with van der Waals surface area (Å²) in [7, 11) is 0. The van der Waals surface area contributed by atoms with Gasteiger partial charge in [0.1, 0.15) is 0 Å². The summed E-state index contributed by atoms with van der Waals surface area (Å²) in [6.07, 6.45) is 10.1. The topological polar surface area (TPSA) is 0 Å². The second kappa shape index (κ2) is 23.8. The van der Waals surface area contributed by atoms with Crippen molar-refractivity contribution in [2.24, 2.45) is 11.8 Å². The fourth-order valence-electron chi connectivity index (χ4n) is 5.01. The normalized spacial score (nSPS) is 14.1. The number of rotatable bonds is 8. The van der Waals surface area contributed by atoms with Gasteiger partial charge in [0.15, 0.2) is 0 Å². The quantitative estimate of drug-likeness (QED) is 0.305. The van der Waals surface area contributed by atoms with Crippen molar-refractivity contribution < 1.29 is 0 Å². The molecule has 0 aromatic heterocycles. The zero-order valence-corrected chi connectivity index (χ0v) is 27.4. The van der Waals surface area contributed by atoms with E-state index in [1.54, 1.807) is 5.57 Å². The highest BCUT2D eigenvalue weighted by Crippen LogP contribution is 2.38. The van der Waals surface area contributed by atoms with Crippen LogP contribution in [0, 0.1) is 11.8 Å². The molecular formula is C38H62. The maximum Gasteiger partial charge on any atom is -0.00258 e. The molecule has 0 amide bonds. The summed E-state index contributed by atoms with van der Waals surface area (Å²) in [6, 6.07) is 19.8. The Morgan fingerprint density at radius 2 is 1.26 bits per heavy atom. The summed E-state index contributed by atoms with van der Waals surface area (Å²) < 4.78 is 0. The first-order valence-corrected chi connectivity index (χ1v) is 15.7. The molecule has 0 heterocycles. The lowest BCUT2D eigenvalue weighted by atomic mass is 9.80. The highest BCUT2D eigenvalue weighted by molar-refractivity contribution is 5.69. The summed E-state index contributed by atoms with van der Waals surface area (Å²) in [5, 5.41) is 0. The predicted octanol–water partition coefficient (Wildman–Crippen LogP) is 12.9. The summed E-state index contributed by atoms with van der Waals surface area (Å²) in [4.78, 5) is 0. The van der Waals surface area contributed by atoms with Crippen LogP contribution in [0.5, 0.6) is 0 Å². The lowest BCUT2D eigenvalue weighted by molar-refractivity contribution is 0.407. The Balaban J connectivity index is 0. The van der Waals surface area contributed by atoms with Gasteiger partial charge in [0.2, 0.25) is 0 Å². The zero-order chi connectivity index (χ0) is 29.5. The highest BCUT2D eigenvalue weighted by Gasteiger charge is 2.25. The van der Waals surface area contributed by atoms with Crippen molar-refractivity contribution >= 4 is 5.57 Å². The molecule has 0 radical (unpaired) electrons. The van der Waals surface area contributed by atoms with Gasteiger partial charge in [0, 0.05) is 0 Å². The summed E-state index contributed by atoms with van der Waals surface area (Å²) >= 11 is 0. The third kappa shape index (κ3) is 12.9. The van der Waals surface area contributed by atoms with Crippen molar-refractivity contribution in [1.29, 1.82) is 0 Å². The Hall–Kier alpha value is -2.34.